The summed E-state index contributed by atoms with van der Waals surface area (Å²) in [6.07, 6.45) is 5.02. The van der Waals surface area contributed by atoms with Crippen molar-refractivity contribution in [3.8, 4) is 17.2 Å². The fraction of sp³-hybridized carbons (Fsp3) is 0.417. The van der Waals surface area contributed by atoms with Crippen molar-refractivity contribution in [3.63, 3.8) is 0 Å². The van der Waals surface area contributed by atoms with Gasteiger partial charge >= 0.3 is 6.09 Å². The Morgan fingerprint density at radius 3 is 2.74 bits per heavy atom. The zero-order chi connectivity index (χ0) is 22.6. The standard InChI is InChI=1S/C24H28N4O3/c1-15-6-5-7-20(28-23(30)31-24(2,3)4)18-11-17(13-26-14-18)19-9-8-16(12-25)10-21(19)27-22(15)29/h8-11,13-15,20H,5-7H2,1-4H3,(H,27,29)(H,28,30)/t15-,20+/m1/s1. The van der Waals surface area contributed by atoms with Crippen molar-refractivity contribution in [1.29, 1.82) is 5.26 Å². The summed E-state index contributed by atoms with van der Waals surface area (Å²) in [7, 11) is 0. The number of ether oxygens (including phenoxy) is 1. The van der Waals surface area contributed by atoms with Crippen LogP contribution in [0.3, 0.4) is 0 Å². The Morgan fingerprint density at radius 1 is 1.26 bits per heavy atom. The molecule has 0 aliphatic carbocycles. The van der Waals surface area contributed by atoms with Crippen LogP contribution in [0.15, 0.2) is 36.7 Å². The van der Waals surface area contributed by atoms with Gasteiger partial charge in [0.25, 0.3) is 0 Å². The first-order valence-electron chi connectivity index (χ1n) is 10.5. The summed E-state index contributed by atoms with van der Waals surface area (Å²) in [4.78, 5) is 29.5. The maximum atomic E-state index is 12.7. The zero-order valence-corrected chi connectivity index (χ0v) is 18.4. The van der Waals surface area contributed by atoms with Crippen LogP contribution in [-0.4, -0.2) is 22.6 Å². The first-order chi connectivity index (χ1) is 14.7. The number of aromatic nitrogens is 1. The van der Waals surface area contributed by atoms with Crippen molar-refractivity contribution in [2.24, 2.45) is 5.92 Å². The molecule has 2 atom stereocenters. The number of nitrogens with one attached hydrogen (secondary N) is 2. The Hall–Kier alpha value is -3.40. The van der Waals surface area contributed by atoms with Gasteiger partial charge in [-0.1, -0.05) is 19.4 Å². The first kappa shape index (κ1) is 22.3. The number of alkyl carbamates (subject to hydrolysis) is 1. The number of nitrogens with zero attached hydrogens (tertiary/aromatic N) is 2. The number of fused-ring (bicyclic) bond motifs is 4. The largest absolute Gasteiger partial charge is 0.444 e. The molecule has 1 aromatic heterocycles. The molecule has 2 N–H and O–H groups in total. The molecule has 0 unspecified atom stereocenters. The molecule has 162 valence electrons. The minimum atomic E-state index is -0.598. The first-order valence-corrected chi connectivity index (χ1v) is 10.5. The second-order valence-corrected chi connectivity index (χ2v) is 8.90. The lowest BCUT2D eigenvalue weighted by Crippen LogP contribution is -2.35. The van der Waals surface area contributed by atoms with E-state index in [9.17, 15) is 14.9 Å². The lowest BCUT2D eigenvalue weighted by atomic mass is 9.94. The molecule has 1 aliphatic heterocycles. The van der Waals surface area contributed by atoms with E-state index < -0.39 is 11.7 Å². The van der Waals surface area contributed by atoms with Crippen molar-refractivity contribution in [3.05, 3.63) is 47.8 Å². The van der Waals surface area contributed by atoms with Crippen LogP contribution in [0.4, 0.5) is 10.5 Å². The molecule has 1 aliphatic rings. The summed E-state index contributed by atoms with van der Waals surface area (Å²) in [6.45, 7) is 7.35. The molecule has 0 spiro atoms. The number of pyridine rings is 1. The molecule has 0 saturated heterocycles. The second-order valence-electron chi connectivity index (χ2n) is 8.90. The van der Waals surface area contributed by atoms with Gasteiger partial charge in [0.2, 0.25) is 5.91 Å². The van der Waals surface area contributed by atoms with E-state index in [2.05, 4.69) is 21.7 Å². The Bertz CT molecular complexity index is 1020. The quantitative estimate of drug-likeness (QED) is 0.680. The Labute approximate surface area is 182 Å². The lowest BCUT2D eigenvalue weighted by Gasteiger charge is -2.25. The highest BCUT2D eigenvalue weighted by molar-refractivity contribution is 5.97. The highest BCUT2D eigenvalue weighted by atomic mass is 16.6. The van der Waals surface area contributed by atoms with Gasteiger partial charge in [-0.05, 0) is 57.4 Å². The van der Waals surface area contributed by atoms with Gasteiger partial charge in [-0.2, -0.15) is 5.26 Å². The fourth-order valence-corrected chi connectivity index (χ4v) is 3.55. The molecule has 0 fully saturated rings. The van der Waals surface area contributed by atoms with Crippen molar-refractivity contribution in [2.75, 3.05) is 5.32 Å². The number of carbonyl (C=O) groups is 2. The third-order valence-corrected chi connectivity index (χ3v) is 5.15. The molecule has 2 bridgehead atoms. The predicted octanol–water partition coefficient (Wildman–Crippen LogP) is 4.94. The molecule has 1 aromatic carbocycles. The van der Waals surface area contributed by atoms with Gasteiger partial charge in [0.15, 0.2) is 0 Å². The van der Waals surface area contributed by atoms with Gasteiger partial charge in [0, 0.05) is 35.1 Å². The maximum Gasteiger partial charge on any atom is 0.408 e. The highest BCUT2D eigenvalue weighted by Gasteiger charge is 2.23. The third-order valence-electron chi connectivity index (χ3n) is 5.15. The summed E-state index contributed by atoms with van der Waals surface area (Å²) in [5.74, 6) is -0.311. The van der Waals surface area contributed by atoms with Crippen LogP contribution >= 0.6 is 0 Å². The number of amides is 2. The van der Waals surface area contributed by atoms with Crippen LogP contribution in [0.25, 0.3) is 11.1 Å². The van der Waals surface area contributed by atoms with E-state index in [-0.39, 0.29) is 17.9 Å². The molecular formula is C24H28N4O3. The van der Waals surface area contributed by atoms with E-state index in [0.29, 0.717) is 24.1 Å². The van der Waals surface area contributed by atoms with Gasteiger partial charge in [0.05, 0.1) is 17.7 Å². The summed E-state index contributed by atoms with van der Waals surface area (Å²) >= 11 is 0. The van der Waals surface area contributed by atoms with Gasteiger partial charge in [-0.25, -0.2) is 4.79 Å². The minimum absolute atomic E-state index is 0.0994. The summed E-state index contributed by atoms with van der Waals surface area (Å²) in [5.41, 5.74) is 2.86. The monoisotopic (exact) mass is 420 g/mol. The van der Waals surface area contributed by atoms with E-state index in [0.717, 1.165) is 23.1 Å². The van der Waals surface area contributed by atoms with Crippen molar-refractivity contribution in [2.45, 2.75) is 58.6 Å². The predicted molar refractivity (Wildman–Crippen MR) is 118 cm³/mol. The van der Waals surface area contributed by atoms with Gasteiger partial charge < -0.3 is 15.4 Å². The molecule has 7 nitrogen and oxygen atoms in total. The number of rotatable bonds is 1. The molecule has 3 rings (SSSR count). The number of nitriles is 1. The summed E-state index contributed by atoms with van der Waals surface area (Å²) in [6, 6.07) is 8.97. The number of anilines is 1. The number of hydrogen-bond acceptors (Lipinski definition) is 5. The Morgan fingerprint density at radius 2 is 2.03 bits per heavy atom. The molecule has 0 radical (unpaired) electrons. The van der Waals surface area contributed by atoms with Crippen LogP contribution < -0.4 is 10.6 Å². The highest BCUT2D eigenvalue weighted by Crippen LogP contribution is 2.32. The van der Waals surface area contributed by atoms with Crippen molar-refractivity contribution < 1.29 is 14.3 Å². The lowest BCUT2D eigenvalue weighted by molar-refractivity contribution is -0.119. The zero-order valence-electron chi connectivity index (χ0n) is 18.4. The van der Waals surface area contributed by atoms with Crippen LogP contribution in [0.5, 0.6) is 0 Å². The van der Waals surface area contributed by atoms with Crippen LogP contribution in [0, 0.1) is 17.2 Å². The van der Waals surface area contributed by atoms with Crippen LogP contribution in [0.2, 0.25) is 0 Å². The molecule has 2 heterocycles. The van der Waals surface area contributed by atoms with E-state index >= 15 is 0 Å². The minimum Gasteiger partial charge on any atom is -0.444 e. The molecule has 7 heteroatoms. The van der Waals surface area contributed by atoms with Gasteiger partial charge in [-0.3, -0.25) is 9.78 Å². The number of benzene rings is 1. The third kappa shape index (κ3) is 5.82. The smallest absolute Gasteiger partial charge is 0.408 e. The Kier molecular flexibility index (Phi) is 6.59. The Balaban J connectivity index is 2.02. The van der Waals surface area contributed by atoms with E-state index in [1.54, 1.807) is 24.5 Å². The maximum absolute atomic E-state index is 12.7. The van der Waals surface area contributed by atoms with Crippen molar-refractivity contribution >= 4 is 17.7 Å². The van der Waals surface area contributed by atoms with E-state index in [1.165, 1.54) is 0 Å². The molecular weight excluding hydrogens is 392 g/mol. The second kappa shape index (κ2) is 9.17. The fourth-order valence-electron chi connectivity index (χ4n) is 3.55. The van der Waals surface area contributed by atoms with Crippen molar-refractivity contribution in [1.82, 2.24) is 10.3 Å². The van der Waals surface area contributed by atoms with E-state index in [4.69, 9.17) is 4.74 Å². The topological polar surface area (TPSA) is 104 Å². The van der Waals surface area contributed by atoms with Crippen LogP contribution in [-0.2, 0) is 9.53 Å². The van der Waals surface area contributed by atoms with Gasteiger partial charge in [0.1, 0.15) is 5.60 Å². The average Bonchev–Trinajstić information content (AvgIpc) is 2.71. The number of carbonyl (C=O) groups excluding carboxylic acids is 2. The van der Waals surface area contributed by atoms with Crippen LogP contribution in [0.1, 0.15) is 64.1 Å². The summed E-state index contributed by atoms with van der Waals surface area (Å²) < 4.78 is 5.44. The SMILES string of the molecule is C[C@@H]1CCC[C@H](NC(=O)OC(C)(C)C)c2cncc(c2)-c2ccc(C#N)cc2NC1=O. The van der Waals surface area contributed by atoms with Gasteiger partial charge in [-0.15, -0.1) is 0 Å². The molecule has 31 heavy (non-hydrogen) atoms. The normalized spacial score (nSPS) is 19.0. The molecule has 2 amide bonds. The molecule has 2 aromatic rings. The number of hydrogen-bond donors (Lipinski definition) is 2. The molecule has 0 saturated carbocycles. The average molecular weight is 421 g/mol. The van der Waals surface area contributed by atoms with E-state index in [1.807, 2.05) is 39.8 Å². The summed E-state index contributed by atoms with van der Waals surface area (Å²) in [5, 5.41) is 15.2.